The van der Waals surface area contributed by atoms with Gasteiger partial charge in [0.05, 0.1) is 16.4 Å². The summed E-state index contributed by atoms with van der Waals surface area (Å²) in [5.41, 5.74) is 6.62. The van der Waals surface area contributed by atoms with Crippen molar-refractivity contribution < 1.29 is 4.79 Å². The molecule has 1 rings (SSSR count). The van der Waals surface area contributed by atoms with Crippen LogP contribution in [-0.2, 0) is 4.79 Å². The minimum absolute atomic E-state index is 0.0718. The number of carbonyl (C=O) groups is 1. The van der Waals surface area contributed by atoms with Gasteiger partial charge in [0, 0.05) is 5.92 Å². The molecular weight excluding hydrogens is 200 g/mol. The normalized spacial score (nSPS) is 10.3. The van der Waals surface area contributed by atoms with Gasteiger partial charge >= 0.3 is 0 Å². The highest BCUT2D eigenvalue weighted by Crippen LogP contribution is 2.27. The average Bonchev–Trinajstić information content (AvgIpc) is 2.12. The van der Waals surface area contributed by atoms with E-state index < -0.39 is 0 Å². The summed E-state index contributed by atoms with van der Waals surface area (Å²) in [6.07, 6.45) is 0. The molecule has 0 aromatic heterocycles. The molecule has 0 aliphatic carbocycles. The predicted molar refractivity (Wildman–Crippen MR) is 59.3 cm³/mol. The summed E-state index contributed by atoms with van der Waals surface area (Å²) < 4.78 is 0. The quantitative estimate of drug-likeness (QED) is 0.741. The minimum Gasteiger partial charge on any atom is -0.397 e. The first-order valence-electron chi connectivity index (χ1n) is 4.37. The summed E-state index contributed by atoms with van der Waals surface area (Å²) in [5, 5.41) is 3.09. The van der Waals surface area contributed by atoms with Crippen LogP contribution in [0.15, 0.2) is 18.2 Å². The third-order valence-corrected chi connectivity index (χ3v) is 2.23. The Labute approximate surface area is 88.2 Å². The molecule has 4 heteroatoms. The number of hydrogen-bond acceptors (Lipinski definition) is 2. The summed E-state index contributed by atoms with van der Waals surface area (Å²) in [5.74, 6) is -0.148. The maximum absolute atomic E-state index is 11.4. The van der Waals surface area contributed by atoms with Crippen LogP contribution >= 0.6 is 11.6 Å². The third-order valence-electron chi connectivity index (χ3n) is 1.81. The maximum atomic E-state index is 11.4. The molecule has 0 aliphatic heterocycles. The van der Waals surface area contributed by atoms with Gasteiger partial charge in [-0.15, -0.1) is 0 Å². The van der Waals surface area contributed by atoms with Crippen LogP contribution in [0.3, 0.4) is 0 Å². The molecule has 1 amide bonds. The van der Waals surface area contributed by atoms with E-state index in [9.17, 15) is 4.79 Å². The summed E-state index contributed by atoms with van der Waals surface area (Å²) in [7, 11) is 0. The Kier molecular flexibility index (Phi) is 3.36. The van der Waals surface area contributed by atoms with Crippen LogP contribution in [0.25, 0.3) is 0 Å². The van der Waals surface area contributed by atoms with E-state index in [0.29, 0.717) is 16.4 Å². The molecule has 76 valence electrons. The number of halogens is 1. The lowest BCUT2D eigenvalue weighted by molar-refractivity contribution is -0.118. The fourth-order valence-corrected chi connectivity index (χ4v) is 1.10. The van der Waals surface area contributed by atoms with Crippen LogP contribution < -0.4 is 11.1 Å². The van der Waals surface area contributed by atoms with Gasteiger partial charge in [-0.05, 0) is 12.1 Å². The summed E-state index contributed by atoms with van der Waals surface area (Å²) in [6, 6.07) is 5.16. The Morgan fingerprint density at radius 1 is 1.50 bits per heavy atom. The molecule has 0 saturated carbocycles. The van der Waals surface area contributed by atoms with E-state index in [1.54, 1.807) is 18.2 Å². The van der Waals surface area contributed by atoms with Crippen LogP contribution in [0.4, 0.5) is 11.4 Å². The van der Waals surface area contributed by atoms with Crippen molar-refractivity contribution >= 4 is 28.9 Å². The van der Waals surface area contributed by atoms with Gasteiger partial charge in [-0.3, -0.25) is 4.79 Å². The molecule has 0 bridgehead atoms. The van der Waals surface area contributed by atoms with Crippen molar-refractivity contribution in [3.63, 3.8) is 0 Å². The molecule has 0 aliphatic rings. The van der Waals surface area contributed by atoms with Gasteiger partial charge in [-0.1, -0.05) is 31.5 Å². The molecule has 14 heavy (non-hydrogen) atoms. The number of nitrogens with one attached hydrogen (secondary N) is 1. The maximum Gasteiger partial charge on any atom is 0.226 e. The fourth-order valence-electron chi connectivity index (χ4n) is 0.923. The van der Waals surface area contributed by atoms with Gasteiger partial charge in [0.2, 0.25) is 5.91 Å². The number of carbonyl (C=O) groups excluding carboxylic acids is 1. The third kappa shape index (κ3) is 2.39. The molecule has 0 radical (unpaired) electrons. The van der Waals surface area contributed by atoms with E-state index in [2.05, 4.69) is 5.32 Å². The van der Waals surface area contributed by atoms with E-state index >= 15 is 0 Å². The molecule has 0 heterocycles. The van der Waals surface area contributed by atoms with Crippen molar-refractivity contribution in [2.24, 2.45) is 5.92 Å². The summed E-state index contributed by atoms with van der Waals surface area (Å²) in [4.78, 5) is 11.4. The predicted octanol–water partition coefficient (Wildman–Crippen LogP) is 2.52. The second-order valence-corrected chi connectivity index (χ2v) is 3.73. The number of benzene rings is 1. The molecule has 0 atom stereocenters. The van der Waals surface area contributed by atoms with Crippen LogP contribution in [-0.4, -0.2) is 5.91 Å². The summed E-state index contributed by atoms with van der Waals surface area (Å²) >= 11 is 5.90. The molecule has 0 unspecified atom stereocenters. The largest absolute Gasteiger partial charge is 0.397 e. The van der Waals surface area contributed by atoms with Gasteiger partial charge in [-0.25, -0.2) is 0 Å². The topological polar surface area (TPSA) is 55.1 Å². The Morgan fingerprint density at radius 2 is 2.14 bits per heavy atom. The smallest absolute Gasteiger partial charge is 0.226 e. The van der Waals surface area contributed by atoms with Gasteiger partial charge in [0.25, 0.3) is 0 Å². The lowest BCUT2D eigenvalue weighted by Crippen LogP contribution is -2.18. The number of nitrogen functional groups attached to an aromatic ring is 1. The Balaban J connectivity index is 2.87. The Bertz CT molecular complexity index is 350. The highest BCUT2D eigenvalue weighted by atomic mass is 35.5. The molecule has 0 fully saturated rings. The fraction of sp³-hybridized carbons (Fsp3) is 0.300. The van der Waals surface area contributed by atoms with Gasteiger partial charge < -0.3 is 11.1 Å². The van der Waals surface area contributed by atoms with Gasteiger partial charge in [0.1, 0.15) is 0 Å². The van der Waals surface area contributed by atoms with Crippen molar-refractivity contribution in [1.82, 2.24) is 0 Å². The first kappa shape index (κ1) is 10.9. The lowest BCUT2D eigenvalue weighted by Gasteiger charge is -2.10. The molecule has 0 saturated heterocycles. The zero-order valence-electron chi connectivity index (χ0n) is 8.17. The first-order valence-corrected chi connectivity index (χ1v) is 4.75. The average molecular weight is 213 g/mol. The minimum atomic E-state index is -0.0764. The number of amides is 1. The zero-order valence-corrected chi connectivity index (χ0v) is 8.93. The van der Waals surface area contributed by atoms with Crippen molar-refractivity contribution in [2.75, 3.05) is 11.1 Å². The highest BCUT2D eigenvalue weighted by molar-refractivity contribution is 6.36. The number of anilines is 2. The second-order valence-electron chi connectivity index (χ2n) is 3.35. The van der Waals surface area contributed by atoms with Crippen LogP contribution in [0.2, 0.25) is 5.02 Å². The van der Waals surface area contributed by atoms with Crippen molar-refractivity contribution in [1.29, 1.82) is 0 Å². The second kappa shape index (κ2) is 4.33. The number of nitrogens with two attached hydrogens (primary N) is 1. The van der Waals surface area contributed by atoms with E-state index in [0.717, 1.165) is 0 Å². The summed E-state index contributed by atoms with van der Waals surface area (Å²) in [6.45, 7) is 3.63. The standard InChI is InChI=1S/C10H13ClN2O/c1-6(2)10(14)13-8-5-3-4-7(12)9(8)11/h3-6H,12H2,1-2H3,(H,13,14). The van der Waals surface area contributed by atoms with Gasteiger partial charge in [-0.2, -0.15) is 0 Å². The van der Waals surface area contributed by atoms with E-state index in [1.165, 1.54) is 0 Å². The van der Waals surface area contributed by atoms with Crippen molar-refractivity contribution in [3.05, 3.63) is 23.2 Å². The van der Waals surface area contributed by atoms with Crippen molar-refractivity contribution in [3.8, 4) is 0 Å². The van der Waals surface area contributed by atoms with Crippen molar-refractivity contribution in [2.45, 2.75) is 13.8 Å². The Morgan fingerprint density at radius 3 is 2.71 bits per heavy atom. The van der Waals surface area contributed by atoms with E-state index in [4.69, 9.17) is 17.3 Å². The monoisotopic (exact) mass is 212 g/mol. The van der Waals surface area contributed by atoms with Crippen LogP contribution in [0.5, 0.6) is 0 Å². The van der Waals surface area contributed by atoms with Crippen LogP contribution in [0, 0.1) is 5.92 Å². The SMILES string of the molecule is CC(C)C(=O)Nc1cccc(N)c1Cl. The van der Waals surface area contributed by atoms with E-state index in [-0.39, 0.29) is 11.8 Å². The lowest BCUT2D eigenvalue weighted by atomic mass is 10.2. The first-order chi connectivity index (χ1) is 6.52. The molecule has 0 spiro atoms. The van der Waals surface area contributed by atoms with Gasteiger partial charge in [0.15, 0.2) is 0 Å². The molecular formula is C10H13ClN2O. The molecule has 1 aromatic carbocycles. The number of rotatable bonds is 2. The number of hydrogen-bond donors (Lipinski definition) is 2. The molecule has 3 N–H and O–H groups in total. The highest BCUT2D eigenvalue weighted by Gasteiger charge is 2.10. The van der Waals surface area contributed by atoms with E-state index in [1.807, 2.05) is 13.8 Å². The molecule has 1 aromatic rings. The zero-order chi connectivity index (χ0) is 10.7. The molecule has 3 nitrogen and oxygen atoms in total. The Hall–Kier alpha value is -1.22. The van der Waals surface area contributed by atoms with Crippen LogP contribution in [0.1, 0.15) is 13.8 Å².